The second kappa shape index (κ2) is 11.7. The van der Waals surface area contributed by atoms with E-state index >= 15 is 0 Å². The molecule has 0 bridgehead atoms. The normalized spacial score (nSPS) is 13.4. The van der Waals surface area contributed by atoms with E-state index in [4.69, 9.17) is 9.47 Å². The largest absolute Gasteiger partial charge is 0.473 e. The van der Waals surface area contributed by atoms with Gasteiger partial charge >= 0.3 is 6.18 Å². The molecule has 0 fully saturated rings. The molecule has 0 aliphatic rings. The highest BCUT2D eigenvalue weighted by Crippen LogP contribution is 2.30. The van der Waals surface area contributed by atoms with Gasteiger partial charge in [0.2, 0.25) is 5.90 Å². The fourth-order valence-electron chi connectivity index (χ4n) is 2.81. The summed E-state index contributed by atoms with van der Waals surface area (Å²) in [5, 5.41) is 0. The summed E-state index contributed by atoms with van der Waals surface area (Å²) in [6.07, 6.45) is -0.891. The monoisotopic (exact) mass is 479 g/mol. The Labute approximate surface area is 197 Å². The number of hydrogen-bond donors (Lipinski definition) is 0. The molecule has 0 amide bonds. The zero-order valence-electron chi connectivity index (χ0n) is 19.9. The van der Waals surface area contributed by atoms with Crippen LogP contribution in [-0.4, -0.2) is 28.9 Å². The minimum Gasteiger partial charge on any atom is -0.473 e. The van der Waals surface area contributed by atoms with Crippen molar-refractivity contribution in [2.75, 3.05) is 7.05 Å². The molecule has 1 aromatic carbocycles. The number of benzene rings is 1. The maximum absolute atomic E-state index is 14.5. The Balaban J connectivity index is 2.10. The maximum Gasteiger partial charge on any atom is 0.433 e. The predicted molar refractivity (Wildman–Crippen MR) is 124 cm³/mol. The average molecular weight is 480 g/mol. The minimum atomic E-state index is -4.56. The first-order chi connectivity index (χ1) is 15.9. The Kier molecular flexibility index (Phi) is 9.23. The summed E-state index contributed by atoms with van der Waals surface area (Å²) < 4.78 is 63.5. The van der Waals surface area contributed by atoms with E-state index in [1.165, 1.54) is 12.1 Å². The Morgan fingerprint density at radius 2 is 1.94 bits per heavy atom. The van der Waals surface area contributed by atoms with Gasteiger partial charge in [0.05, 0.1) is 6.20 Å². The number of rotatable bonds is 9. The number of aliphatic imine (C=N–C) groups is 1. The third-order valence-corrected chi connectivity index (χ3v) is 5.08. The number of ether oxygens (including phenoxy) is 2. The summed E-state index contributed by atoms with van der Waals surface area (Å²) in [5.74, 6) is -0.510. The van der Waals surface area contributed by atoms with Crippen LogP contribution in [0.3, 0.4) is 0 Å². The molecule has 2 rings (SSSR count). The lowest BCUT2D eigenvalue weighted by Gasteiger charge is -2.26. The molecule has 0 saturated heterocycles. The molecule has 0 aliphatic heterocycles. The highest BCUT2D eigenvalue weighted by atomic mass is 19.4. The summed E-state index contributed by atoms with van der Waals surface area (Å²) in [4.78, 5) is 9.72. The van der Waals surface area contributed by atoms with E-state index in [-0.39, 0.29) is 18.1 Å². The maximum atomic E-state index is 14.5. The van der Waals surface area contributed by atoms with Crippen molar-refractivity contribution in [3.63, 3.8) is 0 Å². The van der Waals surface area contributed by atoms with E-state index in [9.17, 15) is 17.6 Å². The summed E-state index contributed by atoms with van der Waals surface area (Å²) in [5.41, 5.74) is 0.977. The summed E-state index contributed by atoms with van der Waals surface area (Å²) in [7, 11) is 1.98. The summed E-state index contributed by atoms with van der Waals surface area (Å²) in [6.45, 7) is 11.7. The molecule has 0 saturated carbocycles. The van der Waals surface area contributed by atoms with Gasteiger partial charge in [0, 0.05) is 30.6 Å². The van der Waals surface area contributed by atoms with Gasteiger partial charge in [-0.15, -0.1) is 0 Å². The topological polar surface area (TPSA) is 47.0 Å². The number of aromatic nitrogens is 1. The fourth-order valence-corrected chi connectivity index (χ4v) is 2.81. The molecule has 0 spiro atoms. The van der Waals surface area contributed by atoms with Crippen LogP contribution in [0, 0.1) is 5.82 Å². The van der Waals surface area contributed by atoms with Gasteiger partial charge in [-0.25, -0.2) is 14.4 Å². The molecule has 0 radical (unpaired) electrons. The highest BCUT2D eigenvalue weighted by molar-refractivity contribution is 5.89. The third kappa shape index (κ3) is 7.90. The molecule has 1 aromatic heterocycles. The van der Waals surface area contributed by atoms with E-state index < -0.39 is 17.7 Å². The van der Waals surface area contributed by atoms with Crippen LogP contribution in [0.15, 0.2) is 65.6 Å². The molecule has 1 unspecified atom stereocenters. The van der Waals surface area contributed by atoms with Gasteiger partial charge in [-0.05, 0) is 57.0 Å². The zero-order chi connectivity index (χ0) is 25.5. The van der Waals surface area contributed by atoms with E-state index in [1.54, 1.807) is 19.1 Å². The van der Waals surface area contributed by atoms with Crippen LogP contribution in [0.4, 0.5) is 17.6 Å². The lowest BCUT2D eigenvalue weighted by molar-refractivity contribution is -0.141. The number of allylic oxidation sites excluding steroid dienone is 2. The van der Waals surface area contributed by atoms with Crippen LogP contribution < -0.4 is 4.74 Å². The molecular formula is C25H29F4N3O2. The quantitative estimate of drug-likeness (QED) is 0.218. The molecule has 9 heteroatoms. The molecule has 5 nitrogen and oxygen atoms in total. The molecule has 1 atom stereocenters. The third-order valence-electron chi connectivity index (χ3n) is 5.08. The standard InChI is InChI=1S/C25H29F4N3O2/c1-7-17(4)32(6)18(5)12-24(31-16(2)3)33-15-19-8-10-22(21(26)13-19)34-20-9-11-23(30-14-20)25(27,28)29/h8-14,17H,2,7,15H2,1,3-6H3/b18-12+,31-24+. The molecule has 1 heterocycles. The van der Waals surface area contributed by atoms with E-state index in [0.717, 1.165) is 30.4 Å². The number of hydrogen-bond acceptors (Lipinski definition) is 5. The zero-order valence-corrected chi connectivity index (χ0v) is 19.9. The van der Waals surface area contributed by atoms with Crippen LogP contribution in [0.5, 0.6) is 11.5 Å². The Hall–Kier alpha value is -3.36. The SMILES string of the molecule is C=C(C)/N=C(\C=C(/C)N(C)C(C)CC)OCc1ccc(Oc2ccc(C(F)(F)F)nc2)c(F)c1. The van der Waals surface area contributed by atoms with Crippen molar-refractivity contribution in [2.45, 2.75) is 52.9 Å². The molecule has 0 aliphatic carbocycles. The predicted octanol–water partition coefficient (Wildman–Crippen LogP) is 7.11. The van der Waals surface area contributed by atoms with E-state index in [1.807, 2.05) is 14.0 Å². The van der Waals surface area contributed by atoms with Crippen LogP contribution >= 0.6 is 0 Å². The van der Waals surface area contributed by atoms with Crippen molar-refractivity contribution < 1.29 is 27.0 Å². The van der Waals surface area contributed by atoms with Gasteiger partial charge in [0.1, 0.15) is 18.1 Å². The molecular weight excluding hydrogens is 450 g/mol. The van der Waals surface area contributed by atoms with Crippen LogP contribution in [0.25, 0.3) is 0 Å². The number of alkyl halides is 3. The van der Waals surface area contributed by atoms with Crippen LogP contribution in [0.1, 0.15) is 45.4 Å². The molecule has 34 heavy (non-hydrogen) atoms. The van der Waals surface area contributed by atoms with Gasteiger partial charge < -0.3 is 14.4 Å². The Bertz CT molecular complexity index is 1050. The van der Waals surface area contributed by atoms with Crippen molar-refractivity contribution in [1.29, 1.82) is 0 Å². The van der Waals surface area contributed by atoms with Crippen molar-refractivity contribution in [3.05, 3.63) is 77.7 Å². The summed E-state index contributed by atoms with van der Waals surface area (Å²) >= 11 is 0. The Morgan fingerprint density at radius 3 is 2.47 bits per heavy atom. The van der Waals surface area contributed by atoms with Gasteiger partial charge in [0.25, 0.3) is 0 Å². The van der Waals surface area contributed by atoms with Crippen molar-refractivity contribution in [3.8, 4) is 11.5 Å². The number of pyridine rings is 1. The van der Waals surface area contributed by atoms with Gasteiger partial charge in [-0.2, -0.15) is 13.2 Å². The first-order valence-electron chi connectivity index (χ1n) is 10.7. The second-order valence-electron chi connectivity index (χ2n) is 7.87. The highest BCUT2D eigenvalue weighted by Gasteiger charge is 2.32. The lowest BCUT2D eigenvalue weighted by atomic mass is 10.2. The number of nitrogens with zero attached hydrogens (tertiary/aromatic N) is 3. The smallest absolute Gasteiger partial charge is 0.433 e. The minimum absolute atomic E-state index is 0.0159. The van der Waals surface area contributed by atoms with Crippen LogP contribution in [0.2, 0.25) is 0 Å². The fraction of sp³-hybridized carbons (Fsp3) is 0.360. The second-order valence-corrected chi connectivity index (χ2v) is 7.87. The van der Waals surface area contributed by atoms with Gasteiger partial charge in [-0.3, -0.25) is 0 Å². The Morgan fingerprint density at radius 1 is 1.24 bits per heavy atom. The number of halogens is 4. The van der Waals surface area contributed by atoms with Gasteiger partial charge in [-0.1, -0.05) is 19.6 Å². The van der Waals surface area contributed by atoms with E-state index in [0.29, 0.717) is 23.2 Å². The molecule has 0 N–H and O–H groups in total. The molecule has 2 aromatic rings. The van der Waals surface area contributed by atoms with E-state index in [2.05, 4.69) is 35.3 Å². The summed E-state index contributed by atoms with van der Waals surface area (Å²) in [6, 6.07) is 6.38. The average Bonchev–Trinajstić information content (AvgIpc) is 2.77. The lowest BCUT2D eigenvalue weighted by Crippen LogP contribution is -2.27. The molecule has 184 valence electrons. The first-order valence-corrected chi connectivity index (χ1v) is 10.7. The van der Waals surface area contributed by atoms with Crippen molar-refractivity contribution in [1.82, 2.24) is 9.88 Å². The van der Waals surface area contributed by atoms with Crippen molar-refractivity contribution in [2.24, 2.45) is 4.99 Å². The van der Waals surface area contributed by atoms with Crippen LogP contribution in [-0.2, 0) is 17.5 Å². The first kappa shape index (κ1) is 26.9. The van der Waals surface area contributed by atoms with Gasteiger partial charge in [0.15, 0.2) is 11.6 Å². The van der Waals surface area contributed by atoms with Crippen molar-refractivity contribution >= 4 is 5.90 Å².